The minimum absolute atomic E-state index is 0.142. The maximum atomic E-state index is 12.5. The first kappa shape index (κ1) is 19.8. The van der Waals surface area contributed by atoms with Gasteiger partial charge in [0, 0.05) is 5.56 Å². The maximum Gasteiger partial charge on any atom is 0.260 e. The summed E-state index contributed by atoms with van der Waals surface area (Å²) < 4.78 is 1.87. The maximum absolute atomic E-state index is 12.5. The van der Waals surface area contributed by atoms with Gasteiger partial charge in [0.15, 0.2) is 0 Å². The van der Waals surface area contributed by atoms with Crippen LogP contribution < -0.4 is 5.43 Å². The Morgan fingerprint density at radius 1 is 1.13 bits per heavy atom. The molecule has 1 amide bonds. The second kappa shape index (κ2) is 8.08. The van der Waals surface area contributed by atoms with E-state index < -0.39 is 0 Å². The molecule has 2 heterocycles. The number of nitrogens with one attached hydrogen (secondary N) is 1. The number of aryl methyl sites for hydroxylation is 2. The number of thiazole rings is 1. The number of hydrogen-bond acceptors (Lipinski definition) is 6. The Hall–Kier alpha value is -3.52. The molecule has 0 bridgehead atoms. The van der Waals surface area contributed by atoms with Crippen LogP contribution in [0.3, 0.4) is 0 Å². The average molecular weight is 420 g/mol. The van der Waals surface area contributed by atoms with Crippen molar-refractivity contribution in [3.05, 3.63) is 64.9 Å². The van der Waals surface area contributed by atoms with Crippen LogP contribution >= 0.6 is 11.3 Å². The smallest absolute Gasteiger partial charge is 0.260 e. The Morgan fingerprint density at radius 2 is 1.87 bits per heavy atom. The molecule has 0 unspecified atom stereocenters. The number of hydrazone groups is 1. The number of imidazole rings is 1. The Kier molecular flexibility index (Phi) is 5.33. The molecule has 8 heteroatoms. The van der Waals surface area contributed by atoms with Crippen LogP contribution in [0.5, 0.6) is 5.75 Å². The van der Waals surface area contributed by atoms with E-state index in [0.717, 1.165) is 38.0 Å². The van der Waals surface area contributed by atoms with Crippen molar-refractivity contribution in [3.8, 4) is 16.3 Å². The largest absolute Gasteiger partial charge is 0.508 e. The van der Waals surface area contributed by atoms with Gasteiger partial charge in [0.2, 0.25) is 0 Å². The van der Waals surface area contributed by atoms with Gasteiger partial charge in [-0.25, -0.2) is 15.4 Å². The van der Waals surface area contributed by atoms with Gasteiger partial charge in [0.1, 0.15) is 23.1 Å². The summed E-state index contributed by atoms with van der Waals surface area (Å²) in [7, 11) is 0. The molecule has 0 aliphatic heterocycles. The first-order valence-electron chi connectivity index (χ1n) is 9.44. The van der Waals surface area contributed by atoms with Gasteiger partial charge in [-0.2, -0.15) is 5.10 Å². The molecular weight excluding hydrogens is 398 g/mol. The van der Waals surface area contributed by atoms with Crippen molar-refractivity contribution in [3.63, 3.8) is 0 Å². The third-order valence-corrected chi connectivity index (χ3v) is 6.05. The van der Waals surface area contributed by atoms with Crippen LogP contribution in [-0.2, 0) is 11.3 Å². The van der Waals surface area contributed by atoms with Gasteiger partial charge in [-0.1, -0.05) is 12.1 Å². The van der Waals surface area contributed by atoms with Crippen molar-refractivity contribution >= 4 is 34.0 Å². The van der Waals surface area contributed by atoms with Gasteiger partial charge in [-0.3, -0.25) is 4.79 Å². The number of para-hydroxylation sites is 2. The summed E-state index contributed by atoms with van der Waals surface area (Å²) in [4.78, 5) is 22.5. The van der Waals surface area contributed by atoms with Crippen molar-refractivity contribution in [2.75, 3.05) is 0 Å². The topological polar surface area (TPSA) is 92.4 Å². The van der Waals surface area contributed by atoms with Gasteiger partial charge in [-0.15, -0.1) is 11.3 Å². The molecule has 0 saturated carbocycles. The number of carbonyl (C=O) groups is 1. The van der Waals surface area contributed by atoms with Crippen LogP contribution in [0.4, 0.5) is 0 Å². The summed E-state index contributed by atoms with van der Waals surface area (Å²) >= 11 is 1.50. The number of aromatic nitrogens is 3. The molecule has 4 aromatic rings. The lowest BCUT2D eigenvalue weighted by Gasteiger charge is -2.06. The third-order valence-electron chi connectivity index (χ3n) is 4.73. The van der Waals surface area contributed by atoms with Crippen LogP contribution in [0.2, 0.25) is 0 Å². The van der Waals surface area contributed by atoms with E-state index in [2.05, 4.69) is 20.5 Å². The number of nitrogens with zero attached hydrogens (tertiary/aromatic N) is 4. The van der Waals surface area contributed by atoms with Crippen molar-refractivity contribution < 1.29 is 9.90 Å². The fourth-order valence-corrected chi connectivity index (χ4v) is 4.25. The fourth-order valence-electron chi connectivity index (χ4n) is 3.23. The van der Waals surface area contributed by atoms with Gasteiger partial charge in [-0.05, 0) is 57.2 Å². The normalized spacial score (nSPS) is 11.8. The predicted molar refractivity (Wildman–Crippen MR) is 119 cm³/mol. The number of carbonyl (C=O) groups excluding carboxylic acids is 1. The number of hydrogen-bond donors (Lipinski definition) is 2. The second-order valence-corrected chi connectivity index (χ2v) is 7.95. The number of amides is 1. The summed E-state index contributed by atoms with van der Waals surface area (Å²) in [5.74, 6) is 0.777. The molecule has 30 heavy (non-hydrogen) atoms. The van der Waals surface area contributed by atoms with E-state index in [9.17, 15) is 9.90 Å². The molecule has 0 saturated heterocycles. The minimum Gasteiger partial charge on any atom is -0.508 e. The van der Waals surface area contributed by atoms with Crippen LogP contribution in [0.1, 0.15) is 23.3 Å². The number of phenols is 1. The van der Waals surface area contributed by atoms with E-state index in [1.165, 1.54) is 11.3 Å². The zero-order valence-corrected chi connectivity index (χ0v) is 17.7. The zero-order chi connectivity index (χ0) is 21.3. The Morgan fingerprint density at radius 3 is 2.63 bits per heavy atom. The van der Waals surface area contributed by atoms with E-state index in [4.69, 9.17) is 0 Å². The highest BCUT2D eigenvalue weighted by molar-refractivity contribution is 7.17. The average Bonchev–Trinajstić information content (AvgIpc) is 3.27. The lowest BCUT2D eigenvalue weighted by Crippen LogP contribution is -2.24. The summed E-state index contributed by atoms with van der Waals surface area (Å²) in [6.07, 6.45) is 0. The second-order valence-electron chi connectivity index (χ2n) is 6.95. The lowest BCUT2D eigenvalue weighted by atomic mass is 10.2. The molecule has 2 N–H and O–H groups in total. The summed E-state index contributed by atoms with van der Waals surface area (Å²) in [6, 6.07) is 14.6. The monoisotopic (exact) mass is 419 g/mol. The molecule has 0 radical (unpaired) electrons. The number of aromatic hydroxyl groups is 1. The fraction of sp³-hybridized carbons (Fsp3) is 0.182. The van der Waals surface area contributed by atoms with Crippen LogP contribution in [0.25, 0.3) is 21.6 Å². The van der Waals surface area contributed by atoms with Gasteiger partial charge < -0.3 is 9.67 Å². The van der Waals surface area contributed by atoms with E-state index in [1.54, 1.807) is 12.1 Å². The molecule has 2 aromatic heterocycles. The summed E-state index contributed by atoms with van der Waals surface area (Å²) in [6.45, 7) is 5.79. The minimum atomic E-state index is -0.221. The molecular formula is C22H21N5O2S. The zero-order valence-electron chi connectivity index (χ0n) is 16.9. The Bertz CT molecular complexity index is 1250. The third kappa shape index (κ3) is 3.95. The molecule has 4 rings (SSSR count). The first-order chi connectivity index (χ1) is 14.4. The van der Waals surface area contributed by atoms with E-state index in [1.807, 2.05) is 61.7 Å². The molecule has 2 aromatic carbocycles. The quantitative estimate of drug-likeness (QED) is 0.377. The highest BCUT2D eigenvalue weighted by atomic mass is 32.1. The molecule has 0 fully saturated rings. The number of benzene rings is 2. The van der Waals surface area contributed by atoms with Crippen molar-refractivity contribution in [1.29, 1.82) is 0 Å². The standard InChI is InChI=1S/C22H21N5O2S/c1-13-21(30-22(23-13)16-8-10-17(28)11-9-16)14(2)25-26-20(29)12-27-15(3)24-18-6-4-5-7-19(18)27/h4-11,28H,12H2,1-3H3,(H,26,29)/b25-14+. The van der Waals surface area contributed by atoms with Crippen LogP contribution in [0.15, 0.2) is 53.6 Å². The van der Waals surface area contributed by atoms with Crippen molar-refractivity contribution in [2.24, 2.45) is 5.10 Å². The van der Waals surface area contributed by atoms with Crippen LogP contribution in [-0.4, -0.2) is 31.3 Å². The lowest BCUT2D eigenvalue weighted by molar-refractivity contribution is -0.121. The number of rotatable bonds is 5. The molecule has 0 atom stereocenters. The van der Waals surface area contributed by atoms with Gasteiger partial charge in [0.05, 0.1) is 27.3 Å². The van der Waals surface area contributed by atoms with Gasteiger partial charge >= 0.3 is 0 Å². The van der Waals surface area contributed by atoms with E-state index in [0.29, 0.717) is 5.71 Å². The Labute approximate surface area is 177 Å². The van der Waals surface area contributed by atoms with E-state index >= 15 is 0 Å². The van der Waals surface area contributed by atoms with Crippen molar-refractivity contribution in [1.82, 2.24) is 20.0 Å². The SMILES string of the molecule is C/C(=N\NC(=O)Cn1c(C)nc2ccccc21)c1sc(-c2ccc(O)cc2)nc1C. The summed E-state index contributed by atoms with van der Waals surface area (Å²) in [5, 5.41) is 14.6. The molecule has 0 spiro atoms. The Balaban J connectivity index is 1.49. The number of phenolic OH excluding ortho intramolecular Hbond substituents is 1. The molecule has 152 valence electrons. The predicted octanol–water partition coefficient (Wildman–Crippen LogP) is 4.02. The van der Waals surface area contributed by atoms with E-state index in [-0.39, 0.29) is 18.2 Å². The molecule has 0 aliphatic carbocycles. The first-order valence-corrected chi connectivity index (χ1v) is 10.3. The highest BCUT2D eigenvalue weighted by Crippen LogP contribution is 2.29. The van der Waals surface area contributed by atoms with Gasteiger partial charge in [0.25, 0.3) is 5.91 Å². The molecule has 7 nitrogen and oxygen atoms in total. The highest BCUT2D eigenvalue weighted by Gasteiger charge is 2.14. The van der Waals surface area contributed by atoms with Crippen LogP contribution in [0, 0.1) is 13.8 Å². The summed E-state index contributed by atoms with van der Waals surface area (Å²) in [5.41, 5.74) is 6.88. The molecule has 0 aliphatic rings. The number of fused-ring (bicyclic) bond motifs is 1. The van der Waals surface area contributed by atoms with Crippen molar-refractivity contribution in [2.45, 2.75) is 27.3 Å².